The van der Waals surface area contributed by atoms with Crippen molar-refractivity contribution in [3.05, 3.63) is 64.1 Å². The number of allylic oxidation sites excluding steroid dienone is 1. The minimum atomic E-state index is -0.239. The Hall–Kier alpha value is -3.06. The number of Topliss-reactive ketones (excluding diaryl/α,β-unsaturated/α-hetero) is 1. The van der Waals surface area contributed by atoms with Crippen molar-refractivity contribution < 1.29 is 4.79 Å². The summed E-state index contributed by atoms with van der Waals surface area (Å²) in [6.45, 7) is 10.2. The molecule has 0 aliphatic carbocycles. The van der Waals surface area contributed by atoms with Crippen molar-refractivity contribution in [2.24, 2.45) is 0 Å². The molecule has 2 heterocycles. The number of hydrogen-bond donors (Lipinski definition) is 1. The Kier molecular flexibility index (Phi) is 4.56. The van der Waals surface area contributed by atoms with Crippen molar-refractivity contribution in [2.45, 2.75) is 40.7 Å². The van der Waals surface area contributed by atoms with Crippen LogP contribution in [0.3, 0.4) is 0 Å². The van der Waals surface area contributed by atoms with Gasteiger partial charge in [-0.15, -0.1) is 0 Å². The number of carbonyl (C=O) groups excluding carboxylic acids is 1. The van der Waals surface area contributed by atoms with Gasteiger partial charge in [0.05, 0.1) is 5.56 Å². The lowest BCUT2D eigenvalue weighted by molar-refractivity contribution is 0.104. The van der Waals surface area contributed by atoms with Crippen LogP contribution in [0.1, 0.15) is 52.9 Å². The molecular weight excluding hydrogens is 322 g/mol. The quantitative estimate of drug-likeness (QED) is 0.398. The highest BCUT2D eigenvalue weighted by Gasteiger charge is 2.20. The summed E-state index contributed by atoms with van der Waals surface area (Å²) in [6.07, 6.45) is 1.71. The molecule has 0 saturated carbocycles. The first kappa shape index (κ1) is 17.8. The van der Waals surface area contributed by atoms with E-state index in [1.807, 2.05) is 51.1 Å². The van der Waals surface area contributed by atoms with Crippen LogP contribution in [0.25, 0.3) is 17.0 Å². The van der Waals surface area contributed by atoms with Gasteiger partial charge in [-0.05, 0) is 58.4 Å². The zero-order chi connectivity index (χ0) is 19.0. The predicted octanol–water partition coefficient (Wildman–Crippen LogP) is 5.27. The fraction of sp³-hybridized carbons (Fsp3) is 0.273. The van der Waals surface area contributed by atoms with Gasteiger partial charge in [-0.3, -0.25) is 4.79 Å². The molecule has 4 heteroatoms. The van der Waals surface area contributed by atoms with Crippen LogP contribution in [-0.4, -0.2) is 15.3 Å². The lowest BCUT2D eigenvalue weighted by Gasteiger charge is -2.13. The SMILES string of the molecule is Cc1[nH]c2ccccc2c1C(=O)/C(C#N)=C/c1cc(C)n(C(C)C)c1C. The van der Waals surface area contributed by atoms with E-state index in [2.05, 4.69) is 29.5 Å². The highest BCUT2D eigenvalue weighted by atomic mass is 16.1. The molecule has 0 saturated heterocycles. The number of carbonyl (C=O) groups is 1. The first-order chi connectivity index (χ1) is 12.3. The first-order valence-electron chi connectivity index (χ1n) is 8.77. The van der Waals surface area contributed by atoms with Gasteiger partial charge in [-0.1, -0.05) is 18.2 Å². The van der Waals surface area contributed by atoms with Gasteiger partial charge >= 0.3 is 0 Å². The van der Waals surface area contributed by atoms with Crippen molar-refractivity contribution in [1.82, 2.24) is 9.55 Å². The average Bonchev–Trinajstić information content (AvgIpc) is 3.07. The van der Waals surface area contributed by atoms with Crippen molar-refractivity contribution in [3.63, 3.8) is 0 Å². The Bertz CT molecular complexity index is 1070. The number of fused-ring (bicyclic) bond motifs is 1. The molecule has 0 radical (unpaired) electrons. The van der Waals surface area contributed by atoms with Gasteiger partial charge in [0.2, 0.25) is 5.78 Å². The Morgan fingerprint density at radius 2 is 1.92 bits per heavy atom. The number of aryl methyl sites for hydroxylation is 2. The number of aromatic amines is 1. The molecule has 0 amide bonds. The summed E-state index contributed by atoms with van der Waals surface area (Å²) in [4.78, 5) is 16.3. The summed E-state index contributed by atoms with van der Waals surface area (Å²) < 4.78 is 2.21. The Labute approximate surface area is 153 Å². The van der Waals surface area contributed by atoms with Crippen LogP contribution in [-0.2, 0) is 0 Å². The molecule has 0 bridgehead atoms. The average molecular weight is 345 g/mol. The summed E-state index contributed by atoms with van der Waals surface area (Å²) in [5, 5.41) is 10.5. The third kappa shape index (κ3) is 2.86. The van der Waals surface area contributed by atoms with Gasteiger partial charge < -0.3 is 9.55 Å². The Balaban J connectivity index is 2.11. The van der Waals surface area contributed by atoms with Crippen LogP contribution in [0.2, 0.25) is 0 Å². The predicted molar refractivity (Wildman–Crippen MR) is 105 cm³/mol. The van der Waals surface area contributed by atoms with Crippen molar-refractivity contribution in [2.75, 3.05) is 0 Å². The van der Waals surface area contributed by atoms with Crippen LogP contribution in [0.15, 0.2) is 35.9 Å². The van der Waals surface area contributed by atoms with Crippen LogP contribution < -0.4 is 0 Å². The molecule has 0 unspecified atom stereocenters. The summed E-state index contributed by atoms with van der Waals surface area (Å²) in [6, 6.07) is 12.1. The van der Waals surface area contributed by atoms with E-state index >= 15 is 0 Å². The maximum atomic E-state index is 13.1. The van der Waals surface area contributed by atoms with Crippen LogP contribution in [0.4, 0.5) is 0 Å². The Morgan fingerprint density at radius 3 is 2.54 bits per heavy atom. The van der Waals surface area contributed by atoms with Gasteiger partial charge in [0.1, 0.15) is 11.6 Å². The van der Waals surface area contributed by atoms with E-state index in [9.17, 15) is 10.1 Å². The van der Waals surface area contributed by atoms with Crippen LogP contribution in [0.5, 0.6) is 0 Å². The molecular formula is C22H23N3O. The third-order valence-electron chi connectivity index (χ3n) is 4.83. The number of nitriles is 1. The van der Waals surface area contributed by atoms with E-state index in [0.29, 0.717) is 11.6 Å². The zero-order valence-corrected chi connectivity index (χ0v) is 15.8. The van der Waals surface area contributed by atoms with Gasteiger partial charge in [-0.25, -0.2) is 0 Å². The number of rotatable bonds is 4. The van der Waals surface area contributed by atoms with Crippen LogP contribution in [0, 0.1) is 32.1 Å². The molecule has 3 aromatic rings. The number of benzene rings is 1. The molecule has 26 heavy (non-hydrogen) atoms. The summed E-state index contributed by atoms with van der Waals surface area (Å²) in [5.41, 5.74) is 5.52. The first-order valence-corrected chi connectivity index (χ1v) is 8.77. The molecule has 0 atom stereocenters. The number of hydrogen-bond acceptors (Lipinski definition) is 2. The summed E-state index contributed by atoms with van der Waals surface area (Å²) in [7, 11) is 0. The van der Waals surface area contributed by atoms with E-state index in [1.165, 1.54) is 0 Å². The number of ketones is 1. The molecule has 0 spiro atoms. The normalized spacial score (nSPS) is 12.0. The second kappa shape index (κ2) is 6.68. The maximum absolute atomic E-state index is 13.1. The molecule has 0 aliphatic rings. The molecule has 1 aromatic carbocycles. The molecule has 2 aromatic heterocycles. The fourth-order valence-corrected chi connectivity index (χ4v) is 3.75. The highest BCUT2D eigenvalue weighted by molar-refractivity contribution is 6.20. The summed E-state index contributed by atoms with van der Waals surface area (Å²) in [5.74, 6) is -0.239. The molecule has 1 N–H and O–H groups in total. The number of H-pyrrole nitrogens is 1. The van der Waals surface area contributed by atoms with E-state index < -0.39 is 0 Å². The maximum Gasteiger partial charge on any atom is 0.205 e. The molecule has 4 nitrogen and oxygen atoms in total. The Morgan fingerprint density at radius 1 is 1.23 bits per heavy atom. The largest absolute Gasteiger partial charge is 0.358 e. The highest BCUT2D eigenvalue weighted by Crippen LogP contribution is 2.27. The lowest BCUT2D eigenvalue weighted by atomic mass is 9.99. The van der Waals surface area contributed by atoms with E-state index in [1.54, 1.807) is 6.08 Å². The van der Waals surface area contributed by atoms with E-state index in [-0.39, 0.29) is 11.4 Å². The number of aromatic nitrogens is 2. The number of nitrogens with zero attached hydrogens (tertiary/aromatic N) is 2. The molecule has 132 valence electrons. The second-order valence-electron chi connectivity index (χ2n) is 6.96. The van der Waals surface area contributed by atoms with E-state index in [0.717, 1.165) is 33.5 Å². The van der Waals surface area contributed by atoms with Gasteiger partial charge in [0.25, 0.3) is 0 Å². The van der Waals surface area contributed by atoms with Gasteiger partial charge in [0, 0.05) is 34.0 Å². The molecule has 3 rings (SSSR count). The van der Waals surface area contributed by atoms with Crippen LogP contribution >= 0.6 is 0 Å². The third-order valence-corrected chi connectivity index (χ3v) is 4.83. The van der Waals surface area contributed by atoms with Gasteiger partial charge in [-0.2, -0.15) is 5.26 Å². The monoisotopic (exact) mass is 345 g/mol. The van der Waals surface area contributed by atoms with Crippen molar-refractivity contribution in [1.29, 1.82) is 5.26 Å². The number of para-hydroxylation sites is 1. The topological polar surface area (TPSA) is 61.6 Å². The van der Waals surface area contributed by atoms with Crippen molar-refractivity contribution >= 4 is 22.8 Å². The van der Waals surface area contributed by atoms with E-state index in [4.69, 9.17) is 0 Å². The zero-order valence-electron chi connectivity index (χ0n) is 15.8. The minimum Gasteiger partial charge on any atom is -0.358 e. The fourth-order valence-electron chi connectivity index (χ4n) is 3.75. The lowest BCUT2D eigenvalue weighted by Crippen LogP contribution is -2.05. The number of nitrogens with one attached hydrogen (secondary N) is 1. The summed E-state index contributed by atoms with van der Waals surface area (Å²) >= 11 is 0. The molecule has 0 fully saturated rings. The second-order valence-corrected chi connectivity index (χ2v) is 6.96. The smallest absolute Gasteiger partial charge is 0.205 e. The standard InChI is InChI=1S/C22H23N3O/c1-13(2)25-14(3)10-17(16(25)5)11-18(12-23)22(26)21-15(4)24-20-9-7-6-8-19(20)21/h6-11,13,24H,1-5H3/b18-11+. The van der Waals surface area contributed by atoms with Crippen molar-refractivity contribution in [3.8, 4) is 6.07 Å². The van der Waals surface area contributed by atoms with Gasteiger partial charge in [0.15, 0.2) is 0 Å². The molecule has 0 aliphatic heterocycles. The minimum absolute atomic E-state index is 0.154.